The fourth-order valence-corrected chi connectivity index (χ4v) is 3.06. The minimum absolute atomic E-state index is 0.0844. The molecule has 6 nitrogen and oxygen atoms in total. The summed E-state index contributed by atoms with van der Waals surface area (Å²) in [4.78, 5) is 24.1. The molecular weight excluding hydrogens is 400 g/mol. The highest BCUT2D eigenvalue weighted by Gasteiger charge is 2.14. The predicted octanol–water partition coefficient (Wildman–Crippen LogP) is 2.83. The molecule has 7 heteroatoms. The molecule has 2 amide bonds. The lowest BCUT2D eigenvalue weighted by atomic mass is 10.1. The lowest BCUT2D eigenvalue weighted by Crippen LogP contribution is -2.33. The van der Waals surface area contributed by atoms with Crippen LogP contribution in [-0.4, -0.2) is 31.6 Å². The summed E-state index contributed by atoms with van der Waals surface area (Å²) >= 11 is 3.38. The number of ether oxygens (including phenoxy) is 2. The second-order valence-corrected chi connectivity index (χ2v) is 6.85. The number of carbonyl (C=O) groups excluding carboxylic acids is 2. The van der Waals surface area contributed by atoms with Crippen molar-refractivity contribution in [1.82, 2.24) is 5.32 Å². The van der Waals surface area contributed by atoms with Crippen LogP contribution in [0.4, 0.5) is 5.69 Å². The Bertz CT molecular complexity index is 838. The van der Waals surface area contributed by atoms with Gasteiger partial charge in [-0.25, -0.2) is 0 Å². The van der Waals surface area contributed by atoms with E-state index in [1.54, 1.807) is 12.1 Å². The van der Waals surface area contributed by atoms with Gasteiger partial charge in [-0.15, -0.1) is 0 Å². The fourth-order valence-electron chi connectivity index (χ4n) is 2.59. The molecule has 0 unspecified atom stereocenters. The van der Waals surface area contributed by atoms with Crippen LogP contribution in [0.5, 0.6) is 11.5 Å². The number of nitrogens with one attached hydrogen (secondary N) is 2. The van der Waals surface area contributed by atoms with E-state index >= 15 is 0 Å². The normalized spacial score (nSPS) is 12.4. The number of halogens is 1. The number of amides is 2. The van der Waals surface area contributed by atoms with Gasteiger partial charge in [-0.05, 0) is 48.4 Å². The van der Waals surface area contributed by atoms with Gasteiger partial charge in [0.25, 0.3) is 0 Å². The smallest absolute Gasteiger partial charge is 0.243 e. The molecule has 0 fully saturated rings. The van der Waals surface area contributed by atoms with Gasteiger partial charge in [-0.1, -0.05) is 22.0 Å². The van der Waals surface area contributed by atoms with Crippen molar-refractivity contribution in [3.8, 4) is 11.5 Å². The molecule has 0 saturated carbocycles. The first-order valence-electron chi connectivity index (χ1n) is 8.22. The minimum atomic E-state index is -0.272. The van der Waals surface area contributed by atoms with E-state index in [2.05, 4.69) is 26.6 Å². The van der Waals surface area contributed by atoms with Gasteiger partial charge in [0.05, 0.1) is 13.0 Å². The first kappa shape index (κ1) is 18.3. The number of anilines is 1. The molecule has 136 valence electrons. The Morgan fingerprint density at radius 2 is 1.81 bits per heavy atom. The number of hydrogen-bond acceptors (Lipinski definition) is 4. The standard InChI is InChI=1S/C19H19BrN2O4/c1-12-8-14(20)3-4-15(12)22-19(24)11-21-18(23)10-13-2-5-16-17(9-13)26-7-6-25-16/h2-5,8-9H,6-7,10-11H2,1H3,(H,21,23)(H,22,24). The van der Waals surface area contributed by atoms with Gasteiger partial charge < -0.3 is 20.1 Å². The van der Waals surface area contributed by atoms with E-state index < -0.39 is 0 Å². The minimum Gasteiger partial charge on any atom is -0.486 e. The maximum absolute atomic E-state index is 12.1. The zero-order valence-electron chi connectivity index (χ0n) is 14.3. The number of rotatable bonds is 5. The summed E-state index contributed by atoms with van der Waals surface area (Å²) in [6.07, 6.45) is 0.168. The van der Waals surface area contributed by atoms with Crippen LogP contribution < -0.4 is 20.1 Å². The highest BCUT2D eigenvalue weighted by Crippen LogP contribution is 2.30. The topological polar surface area (TPSA) is 76.7 Å². The van der Waals surface area contributed by atoms with Gasteiger partial charge >= 0.3 is 0 Å². The molecule has 0 aliphatic carbocycles. The molecule has 1 aliphatic heterocycles. The zero-order chi connectivity index (χ0) is 18.5. The predicted molar refractivity (Wildman–Crippen MR) is 102 cm³/mol. The van der Waals surface area contributed by atoms with Gasteiger partial charge in [0.1, 0.15) is 13.2 Å². The first-order valence-corrected chi connectivity index (χ1v) is 9.02. The van der Waals surface area contributed by atoms with Gasteiger partial charge in [0.15, 0.2) is 11.5 Å². The molecule has 0 radical (unpaired) electrons. The summed E-state index contributed by atoms with van der Waals surface area (Å²) in [5.74, 6) is 0.824. The van der Waals surface area contributed by atoms with Crippen LogP contribution in [0.2, 0.25) is 0 Å². The second kappa shape index (κ2) is 8.23. The van der Waals surface area contributed by atoms with Crippen molar-refractivity contribution in [3.63, 3.8) is 0 Å². The summed E-state index contributed by atoms with van der Waals surface area (Å²) in [5.41, 5.74) is 2.46. The van der Waals surface area contributed by atoms with Gasteiger partial charge in [0.2, 0.25) is 11.8 Å². The lowest BCUT2D eigenvalue weighted by Gasteiger charge is -2.18. The highest BCUT2D eigenvalue weighted by atomic mass is 79.9. The fraction of sp³-hybridized carbons (Fsp3) is 0.263. The monoisotopic (exact) mass is 418 g/mol. The number of hydrogen-bond donors (Lipinski definition) is 2. The number of fused-ring (bicyclic) bond motifs is 1. The van der Waals surface area contributed by atoms with E-state index in [0.717, 1.165) is 21.3 Å². The summed E-state index contributed by atoms with van der Waals surface area (Å²) in [5, 5.41) is 5.42. The molecule has 2 N–H and O–H groups in total. The van der Waals surface area contributed by atoms with E-state index in [4.69, 9.17) is 9.47 Å². The number of carbonyl (C=O) groups is 2. The molecule has 0 bridgehead atoms. The molecule has 3 rings (SSSR count). The van der Waals surface area contributed by atoms with E-state index in [9.17, 15) is 9.59 Å². The number of aryl methyl sites for hydroxylation is 1. The molecule has 0 atom stereocenters. The maximum Gasteiger partial charge on any atom is 0.243 e. The lowest BCUT2D eigenvalue weighted by molar-refractivity contribution is -0.123. The zero-order valence-corrected chi connectivity index (χ0v) is 15.9. The van der Waals surface area contributed by atoms with Gasteiger partial charge in [-0.3, -0.25) is 9.59 Å². The summed E-state index contributed by atoms with van der Waals surface area (Å²) in [7, 11) is 0. The van der Waals surface area contributed by atoms with Crippen LogP contribution in [0.15, 0.2) is 40.9 Å². The van der Waals surface area contributed by atoms with Crippen molar-refractivity contribution in [2.24, 2.45) is 0 Å². The highest BCUT2D eigenvalue weighted by molar-refractivity contribution is 9.10. The summed E-state index contributed by atoms with van der Waals surface area (Å²) in [6.45, 7) is 2.85. The Kier molecular flexibility index (Phi) is 5.78. The maximum atomic E-state index is 12.1. The molecule has 1 aliphatic rings. The van der Waals surface area contributed by atoms with Gasteiger partial charge in [-0.2, -0.15) is 0 Å². The molecule has 1 heterocycles. The molecular formula is C19H19BrN2O4. The van der Waals surface area contributed by atoms with E-state index in [0.29, 0.717) is 24.7 Å². The molecule has 2 aromatic rings. The van der Waals surface area contributed by atoms with Gasteiger partial charge in [0, 0.05) is 10.2 Å². The first-order chi connectivity index (χ1) is 12.5. The number of benzene rings is 2. The van der Waals surface area contributed by atoms with Crippen molar-refractivity contribution < 1.29 is 19.1 Å². The third-order valence-electron chi connectivity index (χ3n) is 3.88. The van der Waals surface area contributed by atoms with E-state index in [1.165, 1.54) is 0 Å². The largest absolute Gasteiger partial charge is 0.486 e. The van der Waals surface area contributed by atoms with Crippen LogP contribution in [0.25, 0.3) is 0 Å². The molecule has 0 aromatic heterocycles. The average Bonchev–Trinajstić information content (AvgIpc) is 2.62. The van der Waals surface area contributed by atoms with E-state index in [-0.39, 0.29) is 24.8 Å². The van der Waals surface area contributed by atoms with Crippen molar-refractivity contribution in [2.75, 3.05) is 25.1 Å². The Balaban J connectivity index is 1.50. The van der Waals surface area contributed by atoms with Crippen LogP contribution >= 0.6 is 15.9 Å². The third kappa shape index (κ3) is 4.76. The average molecular weight is 419 g/mol. The van der Waals surface area contributed by atoms with Crippen LogP contribution in [0.3, 0.4) is 0 Å². The van der Waals surface area contributed by atoms with Crippen LogP contribution in [-0.2, 0) is 16.0 Å². The quantitative estimate of drug-likeness (QED) is 0.782. The Hall–Kier alpha value is -2.54. The third-order valence-corrected chi connectivity index (χ3v) is 4.37. The molecule has 0 spiro atoms. The Morgan fingerprint density at radius 1 is 1.04 bits per heavy atom. The van der Waals surface area contributed by atoms with Crippen LogP contribution in [0.1, 0.15) is 11.1 Å². The van der Waals surface area contributed by atoms with Crippen LogP contribution in [0, 0.1) is 6.92 Å². The molecule has 26 heavy (non-hydrogen) atoms. The Labute approximate surface area is 160 Å². The summed E-state index contributed by atoms with van der Waals surface area (Å²) < 4.78 is 11.9. The Morgan fingerprint density at radius 3 is 2.58 bits per heavy atom. The van der Waals surface area contributed by atoms with Crippen molar-refractivity contribution in [1.29, 1.82) is 0 Å². The SMILES string of the molecule is Cc1cc(Br)ccc1NC(=O)CNC(=O)Cc1ccc2c(c1)OCCO2. The van der Waals surface area contributed by atoms with Crippen molar-refractivity contribution >= 4 is 33.4 Å². The molecule has 0 saturated heterocycles. The van der Waals surface area contributed by atoms with E-state index in [1.807, 2.05) is 31.2 Å². The molecule has 2 aromatic carbocycles. The van der Waals surface area contributed by atoms with Crippen molar-refractivity contribution in [3.05, 3.63) is 52.0 Å². The second-order valence-electron chi connectivity index (χ2n) is 5.94. The van der Waals surface area contributed by atoms with Crippen molar-refractivity contribution in [2.45, 2.75) is 13.3 Å². The summed E-state index contributed by atoms with van der Waals surface area (Å²) in [6, 6.07) is 11.0.